The van der Waals surface area contributed by atoms with Crippen molar-refractivity contribution in [3.05, 3.63) is 36.0 Å². The zero-order chi connectivity index (χ0) is 30.7. The topological polar surface area (TPSA) is 143 Å². The highest BCUT2D eigenvalue weighted by Gasteiger charge is 2.65. The summed E-state index contributed by atoms with van der Waals surface area (Å²) in [5, 5.41) is 46.8. The van der Waals surface area contributed by atoms with Crippen molar-refractivity contribution in [2.24, 2.45) is 46.3 Å². The molecule has 2 aromatic rings. The highest BCUT2D eigenvalue weighted by Crippen LogP contribution is 2.68. The lowest BCUT2D eigenvalue weighted by atomic mass is 9.43. The molecule has 12 atom stereocenters. The number of aliphatic hydroxyl groups excluding tert-OH is 3. The van der Waals surface area contributed by atoms with E-state index in [2.05, 4.69) is 31.1 Å². The lowest BCUT2D eigenvalue weighted by Gasteiger charge is -2.63. The van der Waals surface area contributed by atoms with Gasteiger partial charge in [-0.3, -0.25) is 4.79 Å². The summed E-state index contributed by atoms with van der Waals surface area (Å²) in [6.07, 6.45) is 7.50. The Bertz CT molecular complexity index is 1340. The lowest BCUT2D eigenvalue weighted by Crippen LogP contribution is -2.64. The van der Waals surface area contributed by atoms with E-state index in [4.69, 9.17) is 0 Å². The van der Waals surface area contributed by atoms with Gasteiger partial charge in [0, 0.05) is 29.9 Å². The molecule has 4 aliphatic rings. The fourth-order valence-electron chi connectivity index (χ4n) is 10.8. The van der Waals surface area contributed by atoms with Gasteiger partial charge in [0.05, 0.1) is 18.3 Å². The Morgan fingerprint density at radius 3 is 2.47 bits per heavy atom. The Kier molecular flexibility index (Phi) is 8.18. The van der Waals surface area contributed by atoms with Gasteiger partial charge in [-0.05, 0) is 109 Å². The molecule has 0 bridgehead atoms. The van der Waals surface area contributed by atoms with Crippen LogP contribution in [0.1, 0.15) is 84.1 Å². The molecule has 8 nitrogen and oxygen atoms in total. The van der Waals surface area contributed by atoms with Crippen molar-refractivity contribution in [3.8, 4) is 0 Å². The van der Waals surface area contributed by atoms with Gasteiger partial charge in [0.25, 0.3) is 0 Å². The number of hydrogen-bond acceptors (Lipinski definition) is 5. The van der Waals surface area contributed by atoms with E-state index >= 15 is 0 Å². The number of amides is 1. The molecule has 1 amide bonds. The third-order valence-corrected chi connectivity index (χ3v) is 13.0. The number of carbonyl (C=O) groups excluding carboxylic acids is 1. The summed E-state index contributed by atoms with van der Waals surface area (Å²) in [5.41, 5.74) is 1.80. The molecule has 1 heterocycles. The maximum Gasteiger partial charge on any atom is 0.326 e. The number of nitrogens with one attached hydrogen (secondary N) is 2. The Morgan fingerprint density at radius 2 is 1.70 bits per heavy atom. The van der Waals surface area contributed by atoms with Crippen LogP contribution in [-0.2, 0) is 16.0 Å². The van der Waals surface area contributed by atoms with Gasteiger partial charge in [-0.15, -0.1) is 0 Å². The molecule has 6 N–H and O–H groups in total. The van der Waals surface area contributed by atoms with Gasteiger partial charge in [-0.25, -0.2) is 4.79 Å². The van der Waals surface area contributed by atoms with Gasteiger partial charge >= 0.3 is 5.97 Å². The molecular formula is C35H50N2O6. The molecule has 0 unspecified atom stereocenters. The monoisotopic (exact) mass is 594 g/mol. The quantitative estimate of drug-likeness (QED) is 0.263. The molecule has 4 aliphatic carbocycles. The largest absolute Gasteiger partial charge is 0.480 e. The standard InChI is InChI=1S/C35H50N2O6/c1-19(8-11-29(39)37-28(33(42)43)16-20-18-36-27-7-5-4-6-22(20)27)23-9-10-24-30-25(13-15-34(23,24)2)35(3)14-12-21(38)17-26(35)31(40)32(30)41/h4-7,18-19,21,23-26,28,30-32,36,38,40-41H,8-17H2,1-3H3,(H,37,39)(H,42,43)/t19-,21-,23-,24+,25+,26+,28+,30+,31-,32+,34-,35-/m1/s1. The molecule has 4 fully saturated rings. The predicted octanol–water partition coefficient (Wildman–Crippen LogP) is 4.66. The molecule has 0 aliphatic heterocycles. The van der Waals surface area contributed by atoms with Crippen LogP contribution >= 0.6 is 0 Å². The van der Waals surface area contributed by atoms with E-state index in [1.165, 1.54) is 0 Å². The molecule has 1 aromatic heterocycles. The molecule has 6 rings (SSSR count). The van der Waals surface area contributed by atoms with Crippen molar-refractivity contribution < 1.29 is 30.0 Å². The number of aromatic nitrogens is 1. The number of aliphatic carboxylic acids is 1. The number of benzene rings is 1. The number of fused-ring (bicyclic) bond motifs is 6. The number of aromatic amines is 1. The van der Waals surface area contributed by atoms with E-state index in [1.54, 1.807) is 0 Å². The fraction of sp³-hybridized carbons (Fsp3) is 0.714. The summed E-state index contributed by atoms with van der Waals surface area (Å²) in [4.78, 5) is 28.3. The highest BCUT2D eigenvalue weighted by atomic mass is 16.4. The number of carboxylic acid groups (broad SMARTS) is 1. The van der Waals surface area contributed by atoms with Crippen molar-refractivity contribution in [3.63, 3.8) is 0 Å². The van der Waals surface area contributed by atoms with Crippen molar-refractivity contribution >= 4 is 22.8 Å². The van der Waals surface area contributed by atoms with Gasteiger partial charge in [-0.1, -0.05) is 39.0 Å². The maximum atomic E-state index is 13.0. The minimum Gasteiger partial charge on any atom is -0.480 e. The van der Waals surface area contributed by atoms with E-state index in [1.807, 2.05) is 30.5 Å². The van der Waals surface area contributed by atoms with E-state index in [0.29, 0.717) is 30.6 Å². The Labute approximate surface area is 254 Å². The minimum absolute atomic E-state index is 0.0358. The Balaban J connectivity index is 1.09. The SMILES string of the molecule is C[C@H](CCC(=O)N[C@@H](Cc1c[nH]c2ccccc12)C(=O)O)[C@H]1CC[C@H]2[C@@H]3[C@H](O)[C@H](O)[C@@H]4C[C@H](O)CC[C@]4(C)[C@H]3CC[C@]12C. The summed E-state index contributed by atoms with van der Waals surface area (Å²) < 4.78 is 0. The first-order chi connectivity index (χ1) is 20.4. The second-order valence-electron chi connectivity index (χ2n) is 15.1. The van der Waals surface area contributed by atoms with E-state index in [0.717, 1.165) is 55.0 Å². The fourth-order valence-corrected chi connectivity index (χ4v) is 10.8. The van der Waals surface area contributed by atoms with Gasteiger partial charge in [0.1, 0.15) is 6.04 Å². The molecule has 1 aromatic carbocycles. The van der Waals surface area contributed by atoms with Crippen LogP contribution in [-0.4, -0.2) is 61.6 Å². The van der Waals surface area contributed by atoms with E-state index in [9.17, 15) is 30.0 Å². The smallest absolute Gasteiger partial charge is 0.326 e. The molecule has 236 valence electrons. The number of rotatable bonds is 8. The van der Waals surface area contributed by atoms with Crippen LogP contribution < -0.4 is 5.32 Å². The second kappa shape index (κ2) is 11.5. The average molecular weight is 595 g/mol. The third-order valence-electron chi connectivity index (χ3n) is 13.0. The number of para-hydroxylation sites is 1. The number of H-pyrrole nitrogens is 1. The van der Waals surface area contributed by atoms with Crippen LogP contribution in [0.4, 0.5) is 0 Å². The van der Waals surface area contributed by atoms with Crippen LogP contribution in [0.2, 0.25) is 0 Å². The number of carbonyl (C=O) groups is 2. The van der Waals surface area contributed by atoms with Crippen LogP contribution in [0.5, 0.6) is 0 Å². The van der Waals surface area contributed by atoms with Gasteiger partial charge in [-0.2, -0.15) is 0 Å². The first-order valence-corrected chi connectivity index (χ1v) is 16.6. The number of carboxylic acids is 1. The van der Waals surface area contributed by atoms with E-state index < -0.39 is 30.3 Å². The van der Waals surface area contributed by atoms with Crippen molar-refractivity contribution in [2.45, 2.75) is 109 Å². The van der Waals surface area contributed by atoms with Crippen LogP contribution in [0.15, 0.2) is 30.5 Å². The zero-order valence-electron chi connectivity index (χ0n) is 25.8. The second-order valence-corrected chi connectivity index (χ2v) is 15.1. The highest BCUT2D eigenvalue weighted by molar-refractivity contribution is 5.86. The zero-order valence-corrected chi connectivity index (χ0v) is 25.8. The predicted molar refractivity (Wildman–Crippen MR) is 164 cm³/mol. The van der Waals surface area contributed by atoms with Crippen LogP contribution in [0.3, 0.4) is 0 Å². The minimum atomic E-state index is -1.04. The number of aliphatic hydroxyl groups is 3. The van der Waals surface area contributed by atoms with Gasteiger partial charge in [0.15, 0.2) is 0 Å². The van der Waals surface area contributed by atoms with Crippen LogP contribution in [0.25, 0.3) is 10.9 Å². The van der Waals surface area contributed by atoms with Crippen molar-refractivity contribution in [1.29, 1.82) is 0 Å². The number of hydrogen-bond donors (Lipinski definition) is 6. The lowest BCUT2D eigenvalue weighted by molar-refractivity contribution is -0.223. The van der Waals surface area contributed by atoms with Crippen LogP contribution in [0, 0.1) is 46.3 Å². The summed E-state index contributed by atoms with van der Waals surface area (Å²) in [6.45, 7) is 6.90. The van der Waals surface area contributed by atoms with Gasteiger partial charge < -0.3 is 30.7 Å². The molecule has 0 radical (unpaired) electrons. The Morgan fingerprint density at radius 1 is 0.977 bits per heavy atom. The maximum absolute atomic E-state index is 13.0. The molecule has 4 saturated carbocycles. The normalized spacial score (nSPS) is 40.2. The molecular weight excluding hydrogens is 544 g/mol. The van der Waals surface area contributed by atoms with Gasteiger partial charge in [0.2, 0.25) is 5.91 Å². The average Bonchev–Trinajstić information content (AvgIpc) is 3.55. The third kappa shape index (κ3) is 5.21. The first kappa shape index (κ1) is 30.6. The summed E-state index contributed by atoms with van der Waals surface area (Å²) in [6, 6.07) is 6.77. The molecule has 0 saturated heterocycles. The van der Waals surface area contributed by atoms with Crippen molar-refractivity contribution in [1.82, 2.24) is 10.3 Å². The summed E-state index contributed by atoms with van der Waals surface area (Å²) in [7, 11) is 0. The first-order valence-electron chi connectivity index (χ1n) is 16.6. The van der Waals surface area contributed by atoms with Crippen molar-refractivity contribution in [2.75, 3.05) is 0 Å². The summed E-state index contributed by atoms with van der Waals surface area (Å²) in [5.74, 6) is 0.117. The summed E-state index contributed by atoms with van der Waals surface area (Å²) >= 11 is 0. The molecule has 43 heavy (non-hydrogen) atoms. The van der Waals surface area contributed by atoms with E-state index in [-0.39, 0.29) is 47.3 Å². The molecule has 0 spiro atoms. The molecule has 8 heteroatoms. The Hall–Kier alpha value is -2.42.